The van der Waals surface area contributed by atoms with Crippen molar-refractivity contribution in [3.05, 3.63) is 35.4 Å². The van der Waals surface area contributed by atoms with Gasteiger partial charge in [0.2, 0.25) is 0 Å². The molecule has 1 heterocycles. The minimum atomic E-state index is -2.43. The lowest BCUT2D eigenvalue weighted by molar-refractivity contribution is 0.118. The fraction of sp³-hybridized carbons (Fsp3) is 0.600. The maximum atomic E-state index is 12.8. The highest BCUT2D eigenvalue weighted by atomic mass is 19.3. The minimum absolute atomic E-state index is 0.0243. The Hall–Kier alpha value is -1.00. The van der Waals surface area contributed by atoms with E-state index in [9.17, 15) is 8.78 Å². The first kappa shape index (κ1) is 14.4. The number of benzene rings is 1. The molecule has 0 aliphatic carbocycles. The van der Waals surface area contributed by atoms with Crippen molar-refractivity contribution in [3.8, 4) is 0 Å². The van der Waals surface area contributed by atoms with E-state index in [2.05, 4.69) is 18.7 Å². The Labute approximate surface area is 113 Å². The molecule has 1 aromatic carbocycles. The van der Waals surface area contributed by atoms with Crippen LogP contribution in [0.5, 0.6) is 0 Å². The van der Waals surface area contributed by atoms with Gasteiger partial charge in [-0.1, -0.05) is 18.2 Å². The van der Waals surface area contributed by atoms with Gasteiger partial charge < -0.3 is 5.73 Å². The van der Waals surface area contributed by atoms with Crippen molar-refractivity contribution in [2.24, 2.45) is 5.73 Å². The van der Waals surface area contributed by atoms with Crippen LogP contribution in [0.2, 0.25) is 0 Å². The smallest absolute Gasteiger partial charge is 0.263 e. The topological polar surface area (TPSA) is 29.3 Å². The summed E-state index contributed by atoms with van der Waals surface area (Å²) >= 11 is 0. The van der Waals surface area contributed by atoms with Crippen LogP contribution in [0.25, 0.3) is 0 Å². The third-order valence-corrected chi connectivity index (χ3v) is 4.11. The lowest BCUT2D eigenvalue weighted by Crippen LogP contribution is -2.43. The molecule has 1 saturated heterocycles. The molecule has 2 nitrogen and oxygen atoms in total. The first-order valence-electron chi connectivity index (χ1n) is 6.80. The molecule has 2 N–H and O–H groups in total. The number of hydrogen-bond donors (Lipinski definition) is 1. The van der Waals surface area contributed by atoms with Crippen molar-refractivity contribution >= 4 is 0 Å². The number of nitrogens with zero attached hydrogens (tertiary/aromatic N) is 1. The van der Waals surface area contributed by atoms with Crippen LogP contribution in [0, 0.1) is 0 Å². The zero-order valence-electron chi connectivity index (χ0n) is 11.6. The Bertz CT molecular complexity index is 432. The standard InChI is InChI=1S/C15H22F2N2/c1-15(2)7-4-8-19(15)13(10-18)11-5-3-6-12(9-11)14(16)17/h3,5-6,9,13-14H,4,7-8,10,18H2,1-2H3. The van der Waals surface area contributed by atoms with Gasteiger partial charge in [-0.3, -0.25) is 4.90 Å². The second-order valence-electron chi connectivity index (χ2n) is 5.83. The number of alkyl halides is 2. The van der Waals surface area contributed by atoms with Gasteiger partial charge in [0.15, 0.2) is 0 Å². The number of nitrogens with two attached hydrogens (primary N) is 1. The van der Waals surface area contributed by atoms with Gasteiger partial charge >= 0.3 is 0 Å². The van der Waals surface area contributed by atoms with E-state index in [1.54, 1.807) is 12.1 Å². The summed E-state index contributed by atoms with van der Waals surface area (Å²) in [5.74, 6) is 0. The highest BCUT2D eigenvalue weighted by molar-refractivity contribution is 5.27. The molecule has 1 unspecified atom stereocenters. The average Bonchev–Trinajstić information content (AvgIpc) is 2.71. The van der Waals surface area contributed by atoms with Gasteiger partial charge in [0.25, 0.3) is 6.43 Å². The van der Waals surface area contributed by atoms with Crippen LogP contribution >= 0.6 is 0 Å². The Balaban J connectivity index is 2.29. The van der Waals surface area contributed by atoms with E-state index in [0.717, 1.165) is 24.9 Å². The number of likely N-dealkylation sites (tertiary alicyclic amines) is 1. The molecular weight excluding hydrogens is 246 g/mol. The summed E-state index contributed by atoms with van der Waals surface area (Å²) in [6.45, 7) is 5.82. The van der Waals surface area contributed by atoms with E-state index in [1.165, 1.54) is 6.07 Å². The van der Waals surface area contributed by atoms with Crippen molar-refractivity contribution in [2.75, 3.05) is 13.1 Å². The lowest BCUT2D eigenvalue weighted by Gasteiger charge is -2.38. The molecule has 1 atom stereocenters. The van der Waals surface area contributed by atoms with Crippen molar-refractivity contribution in [3.63, 3.8) is 0 Å². The maximum absolute atomic E-state index is 12.8. The Kier molecular flexibility index (Phi) is 4.21. The molecule has 0 saturated carbocycles. The quantitative estimate of drug-likeness (QED) is 0.905. The zero-order valence-corrected chi connectivity index (χ0v) is 11.6. The Morgan fingerprint density at radius 2 is 2.00 bits per heavy atom. The van der Waals surface area contributed by atoms with Crippen LogP contribution in [-0.2, 0) is 0 Å². The largest absolute Gasteiger partial charge is 0.329 e. The predicted octanol–water partition coefficient (Wildman–Crippen LogP) is 3.50. The third kappa shape index (κ3) is 2.95. The normalized spacial score (nSPS) is 20.9. The monoisotopic (exact) mass is 268 g/mol. The van der Waals surface area contributed by atoms with Crippen molar-refractivity contribution in [2.45, 2.75) is 44.7 Å². The lowest BCUT2D eigenvalue weighted by atomic mass is 9.96. The molecule has 1 aliphatic heterocycles. The summed E-state index contributed by atoms with van der Waals surface area (Å²) in [5, 5.41) is 0. The van der Waals surface area contributed by atoms with Gasteiger partial charge in [-0.2, -0.15) is 0 Å². The second kappa shape index (κ2) is 5.55. The third-order valence-electron chi connectivity index (χ3n) is 4.11. The Morgan fingerprint density at radius 1 is 1.32 bits per heavy atom. The summed E-state index contributed by atoms with van der Waals surface area (Å²) < 4.78 is 25.6. The van der Waals surface area contributed by atoms with Crippen molar-refractivity contribution < 1.29 is 8.78 Å². The van der Waals surface area contributed by atoms with Gasteiger partial charge in [-0.05, 0) is 44.9 Å². The fourth-order valence-corrected chi connectivity index (χ4v) is 3.05. The first-order valence-corrected chi connectivity index (χ1v) is 6.80. The van der Waals surface area contributed by atoms with E-state index in [0.29, 0.717) is 6.54 Å². The summed E-state index contributed by atoms with van der Waals surface area (Å²) in [5.41, 5.74) is 6.97. The Morgan fingerprint density at radius 3 is 2.53 bits per heavy atom. The molecule has 0 amide bonds. The molecular formula is C15H22F2N2. The first-order chi connectivity index (χ1) is 8.95. The second-order valence-corrected chi connectivity index (χ2v) is 5.83. The van der Waals surface area contributed by atoms with E-state index < -0.39 is 6.43 Å². The van der Waals surface area contributed by atoms with E-state index in [4.69, 9.17) is 5.73 Å². The number of hydrogen-bond acceptors (Lipinski definition) is 2. The molecule has 19 heavy (non-hydrogen) atoms. The summed E-state index contributed by atoms with van der Waals surface area (Å²) in [4.78, 5) is 2.34. The van der Waals surface area contributed by atoms with Crippen LogP contribution in [0.3, 0.4) is 0 Å². The molecule has 1 aromatic rings. The minimum Gasteiger partial charge on any atom is -0.329 e. The molecule has 1 fully saturated rings. The predicted molar refractivity (Wildman–Crippen MR) is 73.2 cm³/mol. The molecule has 106 valence electrons. The SMILES string of the molecule is CC1(C)CCCN1C(CN)c1cccc(C(F)F)c1. The van der Waals surface area contributed by atoms with E-state index >= 15 is 0 Å². The van der Waals surface area contributed by atoms with Gasteiger partial charge in [0, 0.05) is 23.7 Å². The highest BCUT2D eigenvalue weighted by Crippen LogP contribution is 2.36. The number of halogens is 2. The molecule has 0 radical (unpaired) electrons. The molecule has 0 aromatic heterocycles. The van der Waals surface area contributed by atoms with Gasteiger partial charge in [-0.15, -0.1) is 0 Å². The van der Waals surface area contributed by atoms with Crippen molar-refractivity contribution in [1.29, 1.82) is 0 Å². The van der Waals surface area contributed by atoms with E-state index in [1.807, 2.05) is 6.07 Å². The molecule has 0 spiro atoms. The maximum Gasteiger partial charge on any atom is 0.263 e. The molecule has 1 aliphatic rings. The summed E-state index contributed by atoms with van der Waals surface area (Å²) in [6.07, 6.45) is -0.166. The van der Waals surface area contributed by atoms with E-state index in [-0.39, 0.29) is 17.1 Å². The zero-order chi connectivity index (χ0) is 14.0. The van der Waals surface area contributed by atoms with Gasteiger partial charge in [-0.25, -0.2) is 8.78 Å². The highest BCUT2D eigenvalue weighted by Gasteiger charge is 2.36. The van der Waals surface area contributed by atoms with Gasteiger partial charge in [0.1, 0.15) is 0 Å². The molecule has 2 rings (SSSR count). The average molecular weight is 268 g/mol. The van der Waals surface area contributed by atoms with Crippen LogP contribution < -0.4 is 5.73 Å². The fourth-order valence-electron chi connectivity index (χ4n) is 3.05. The van der Waals surface area contributed by atoms with Crippen LogP contribution in [0.4, 0.5) is 8.78 Å². The van der Waals surface area contributed by atoms with Crippen LogP contribution in [0.1, 0.15) is 50.3 Å². The van der Waals surface area contributed by atoms with Crippen LogP contribution in [0.15, 0.2) is 24.3 Å². The van der Waals surface area contributed by atoms with Gasteiger partial charge in [0.05, 0.1) is 0 Å². The summed E-state index contributed by atoms with van der Waals surface area (Å²) in [6, 6.07) is 6.68. The molecule has 4 heteroatoms. The molecule has 0 bridgehead atoms. The van der Waals surface area contributed by atoms with Crippen molar-refractivity contribution in [1.82, 2.24) is 4.90 Å². The van der Waals surface area contributed by atoms with Crippen LogP contribution in [-0.4, -0.2) is 23.5 Å². The number of rotatable bonds is 4. The summed E-state index contributed by atoms with van der Waals surface area (Å²) in [7, 11) is 0.